The van der Waals surface area contributed by atoms with Crippen LogP contribution in [0.3, 0.4) is 0 Å². The van der Waals surface area contributed by atoms with Crippen molar-refractivity contribution in [2.24, 2.45) is 0 Å². The van der Waals surface area contributed by atoms with Crippen molar-refractivity contribution in [2.75, 3.05) is 18.5 Å². The molecule has 1 aromatic carbocycles. The normalized spacial score (nSPS) is 13.5. The van der Waals surface area contributed by atoms with E-state index in [1.807, 2.05) is 6.92 Å². The van der Waals surface area contributed by atoms with Crippen LogP contribution in [0.1, 0.15) is 18.9 Å². The first-order valence-electron chi connectivity index (χ1n) is 5.43. The monoisotopic (exact) mass is 327 g/mol. The minimum atomic E-state index is -4.51. The van der Waals surface area contributed by atoms with Gasteiger partial charge in [0.1, 0.15) is 5.82 Å². The molecule has 0 aromatic heterocycles. The zero-order valence-corrected chi connectivity index (χ0v) is 11.6. The zero-order chi connectivity index (χ0) is 13.9. The van der Waals surface area contributed by atoms with Gasteiger partial charge in [0.15, 0.2) is 0 Å². The van der Waals surface area contributed by atoms with Gasteiger partial charge in [-0.2, -0.15) is 13.2 Å². The Morgan fingerprint density at radius 2 is 1.94 bits per heavy atom. The van der Waals surface area contributed by atoms with Gasteiger partial charge < -0.3 is 4.90 Å². The van der Waals surface area contributed by atoms with Gasteiger partial charge in [-0.15, -0.1) is 0 Å². The number of rotatable bonds is 4. The molecule has 102 valence electrons. The Balaban J connectivity index is 2.85. The van der Waals surface area contributed by atoms with Crippen LogP contribution in [0.5, 0.6) is 0 Å². The van der Waals surface area contributed by atoms with E-state index in [2.05, 4.69) is 15.9 Å². The minimum absolute atomic E-state index is 0.177. The summed E-state index contributed by atoms with van der Waals surface area (Å²) in [5, 5.41) is 0. The van der Waals surface area contributed by atoms with Gasteiger partial charge in [-0.1, -0.05) is 22.9 Å². The second kappa shape index (κ2) is 5.91. The molecule has 1 nitrogen and oxygen atoms in total. The van der Waals surface area contributed by atoms with E-state index in [1.165, 1.54) is 0 Å². The molecule has 0 saturated heterocycles. The van der Waals surface area contributed by atoms with E-state index < -0.39 is 17.6 Å². The number of alkyl halides is 4. The Bertz CT molecular complexity index is 404. The molecule has 0 heterocycles. The van der Waals surface area contributed by atoms with Crippen LogP contribution in [0, 0.1) is 5.82 Å². The van der Waals surface area contributed by atoms with Crippen LogP contribution in [0.4, 0.5) is 23.2 Å². The quantitative estimate of drug-likeness (QED) is 0.583. The number of halogens is 5. The van der Waals surface area contributed by atoms with E-state index in [-0.39, 0.29) is 10.5 Å². The lowest BCUT2D eigenvalue weighted by Crippen LogP contribution is -2.21. The Morgan fingerprint density at radius 3 is 2.39 bits per heavy atom. The lowest BCUT2D eigenvalue weighted by atomic mass is 10.1. The maximum absolute atomic E-state index is 13.6. The molecule has 18 heavy (non-hydrogen) atoms. The average Bonchev–Trinajstić information content (AvgIpc) is 2.24. The molecule has 0 aliphatic rings. The number of nitrogens with zero attached hydrogens (tertiary/aromatic N) is 1. The summed E-state index contributed by atoms with van der Waals surface area (Å²) in [5.41, 5.74) is -0.790. The van der Waals surface area contributed by atoms with E-state index in [0.29, 0.717) is 12.6 Å². The molecule has 0 N–H and O–H groups in total. The summed E-state index contributed by atoms with van der Waals surface area (Å²) in [4.78, 5) is 1.88. The maximum Gasteiger partial charge on any atom is 0.416 e. The van der Waals surface area contributed by atoms with Crippen LogP contribution in [0.25, 0.3) is 0 Å². The number of hydrogen-bond donors (Lipinski definition) is 0. The topological polar surface area (TPSA) is 3.24 Å². The summed E-state index contributed by atoms with van der Waals surface area (Å²) in [5.74, 6) is -0.852. The summed E-state index contributed by atoms with van der Waals surface area (Å²) >= 11 is 3.36. The fraction of sp³-hybridized carbons (Fsp3) is 0.500. The third-order valence-corrected chi connectivity index (χ3v) is 3.01. The van der Waals surface area contributed by atoms with E-state index in [4.69, 9.17) is 0 Å². The van der Waals surface area contributed by atoms with Crippen molar-refractivity contribution in [2.45, 2.75) is 24.3 Å². The van der Waals surface area contributed by atoms with Gasteiger partial charge in [0.25, 0.3) is 0 Å². The zero-order valence-electron chi connectivity index (χ0n) is 10.1. The lowest BCUT2D eigenvalue weighted by molar-refractivity contribution is -0.137. The highest BCUT2D eigenvalue weighted by Crippen LogP contribution is 2.32. The van der Waals surface area contributed by atoms with Gasteiger partial charge in [0.2, 0.25) is 0 Å². The van der Waals surface area contributed by atoms with Gasteiger partial charge >= 0.3 is 6.18 Å². The Hall–Kier alpha value is -0.780. The molecule has 0 amide bonds. The van der Waals surface area contributed by atoms with Gasteiger partial charge in [-0.3, -0.25) is 0 Å². The Labute approximate surface area is 112 Å². The summed E-state index contributed by atoms with van der Waals surface area (Å²) in [6.45, 7) is 2.52. The smallest absolute Gasteiger partial charge is 0.372 e. The molecule has 0 spiro atoms. The number of anilines is 1. The highest BCUT2D eigenvalue weighted by Gasteiger charge is 2.31. The van der Waals surface area contributed by atoms with Crippen molar-refractivity contribution in [3.8, 4) is 0 Å². The first-order chi connectivity index (χ1) is 8.21. The first kappa shape index (κ1) is 15.3. The van der Waals surface area contributed by atoms with Crippen LogP contribution in [0.15, 0.2) is 18.2 Å². The molecule has 0 aliphatic heterocycles. The third kappa shape index (κ3) is 4.15. The molecule has 0 saturated carbocycles. The van der Waals surface area contributed by atoms with Gasteiger partial charge in [0.05, 0.1) is 11.3 Å². The second-order valence-corrected chi connectivity index (χ2v) is 5.72. The summed E-state index contributed by atoms with van der Waals surface area (Å²) in [6.07, 6.45) is -3.74. The van der Waals surface area contributed by atoms with Crippen LogP contribution in [-0.4, -0.2) is 18.4 Å². The van der Waals surface area contributed by atoms with Crippen molar-refractivity contribution in [3.63, 3.8) is 0 Å². The fourth-order valence-corrected chi connectivity index (χ4v) is 1.69. The Morgan fingerprint density at radius 1 is 1.33 bits per heavy atom. The Kier molecular flexibility index (Phi) is 5.01. The summed E-state index contributed by atoms with van der Waals surface area (Å²) < 4.78 is 50.7. The predicted molar refractivity (Wildman–Crippen MR) is 67.7 cm³/mol. The standard InChI is InChI=1S/C12H14BrF4N/c1-8(13)5-6-18(2)11-4-3-9(7-10(11)14)12(15,16)17/h3-4,7-8H,5-6H2,1-2H3. The highest BCUT2D eigenvalue weighted by molar-refractivity contribution is 9.09. The van der Waals surface area contributed by atoms with E-state index >= 15 is 0 Å². The molecule has 1 unspecified atom stereocenters. The van der Waals surface area contributed by atoms with Crippen molar-refractivity contribution in [1.29, 1.82) is 0 Å². The largest absolute Gasteiger partial charge is 0.416 e. The first-order valence-corrected chi connectivity index (χ1v) is 6.35. The molecule has 0 radical (unpaired) electrons. The van der Waals surface area contributed by atoms with Crippen molar-refractivity contribution in [1.82, 2.24) is 0 Å². The van der Waals surface area contributed by atoms with Crippen LogP contribution in [0.2, 0.25) is 0 Å². The molecule has 0 aliphatic carbocycles. The van der Waals surface area contributed by atoms with Crippen LogP contribution in [-0.2, 0) is 6.18 Å². The second-order valence-electron chi connectivity index (χ2n) is 4.15. The molecular formula is C12H14BrF4N. The van der Waals surface area contributed by atoms with Crippen molar-refractivity contribution < 1.29 is 17.6 Å². The average molecular weight is 328 g/mol. The molecule has 6 heteroatoms. The molecule has 0 fully saturated rings. The molecule has 0 bridgehead atoms. The van der Waals surface area contributed by atoms with Gasteiger partial charge in [0, 0.05) is 18.4 Å². The van der Waals surface area contributed by atoms with E-state index in [0.717, 1.165) is 18.6 Å². The molecule has 1 rings (SSSR count). The fourth-order valence-electron chi connectivity index (χ4n) is 1.48. The SMILES string of the molecule is CC(Br)CCN(C)c1ccc(C(F)(F)F)cc1F. The van der Waals surface area contributed by atoms with Crippen molar-refractivity contribution >= 4 is 21.6 Å². The summed E-state index contributed by atoms with van der Waals surface area (Å²) in [6, 6.07) is 2.59. The summed E-state index contributed by atoms with van der Waals surface area (Å²) in [7, 11) is 1.65. The highest BCUT2D eigenvalue weighted by atomic mass is 79.9. The van der Waals surface area contributed by atoms with Gasteiger partial charge in [-0.25, -0.2) is 4.39 Å². The number of hydrogen-bond acceptors (Lipinski definition) is 1. The molecule has 1 aromatic rings. The van der Waals surface area contributed by atoms with Crippen LogP contribution >= 0.6 is 15.9 Å². The molecule has 1 atom stereocenters. The van der Waals surface area contributed by atoms with Gasteiger partial charge in [-0.05, 0) is 24.6 Å². The van der Waals surface area contributed by atoms with Crippen molar-refractivity contribution in [3.05, 3.63) is 29.6 Å². The third-order valence-electron chi connectivity index (χ3n) is 2.55. The number of benzene rings is 1. The maximum atomic E-state index is 13.6. The lowest BCUT2D eigenvalue weighted by Gasteiger charge is -2.21. The molecular weight excluding hydrogens is 314 g/mol. The van der Waals surface area contributed by atoms with E-state index in [1.54, 1.807) is 11.9 Å². The predicted octanol–water partition coefficient (Wildman–Crippen LogP) is 4.45. The van der Waals surface area contributed by atoms with Crippen LogP contribution < -0.4 is 4.90 Å². The van der Waals surface area contributed by atoms with E-state index in [9.17, 15) is 17.6 Å². The minimum Gasteiger partial charge on any atom is -0.372 e.